The van der Waals surface area contributed by atoms with Crippen molar-refractivity contribution >= 4 is 23.7 Å². The zero-order valence-electron chi connectivity index (χ0n) is 11.0. The predicted molar refractivity (Wildman–Crippen MR) is 67.8 cm³/mol. The van der Waals surface area contributed by atoms with Crippen LogP contribution in [0.1, 0.15) is 33.6 Å². The Morgan fingerprint density at radius 3 is 2.56 bits per heavy atom. The number of halogens is 1. The molecular formula is C12H20ClNO4. The van der Waals surface area contributed by atoms with Gasteiger partial charge in [-0.25, -0.2) is 9.59 Å². The van der Waals surface area contributed by atoms with E-state index >= 15 is 0 Å². The Morgan fingerprint density at radius 2 is 2.06 bits per heavy atom. The number of carboxylic acid groups (broad SMARTS) is 1. The molecule has 2 atom stereocenters. The minimum absolute atomic E-state index is 0.0759. The Hall–Kier alpha value is -0.970. The fraction of sp³-hybridized carbons (Fsp3) is 0.833. The quantitative estimate of drug-likeness (QED) is 0.804. The minimum Gasteiger partial charge on any atom is -0.480 e. The number of likely N-dealkylation sites (tertiary alicyclic amines) is 1. The predicted octanol–water partition coefficient (Wildman–Crippen LogP) is 2.33. The highest BCUT2D eigenvalue weighted by molar-refractivity contribution is 6.23. The molecule has 1 amide bonds. The number of ether oxygens (including phenoxy) is 1. The first-order chi connectivity index (χ1) is 8.22. The molecule has 0 spiro atoms. The van der Waals surface area contributed by atoms with E-state index in [1.807, 2.05) is 20.8 Å². The molecule has 1 rings (SSSR count). The number of hydrogen-bond donors (Lipinski definition) is 1. The molecule has 0 bridgehead atoms. The first-order valence-electron chi connectivity index (χ1n) is 6.02. The van der Waals surface area contributed by atoms with Crippen LogP contribution in [-0.4, -0.2) is 46.6 Å². The number of rotatable bonds is 3. The summed E-state index contributed by atoms with van der Waals surface area (Å²) in [6.45, 7) is 6.76. The van der Waals surface area contributed by atoms with Gasteiger partial charge in [-0.3, -0.25) is 4.90 Å². The van der Waals surface area contributed by atoms with Crippen LogP contribution in [0.4, 0.5) is 4.79 Å². The Kier molecular flexibility index (Phi) is 4.85. The third-order valence-electron chi connectivity index (χ3n) is 2.89. The molecule has 18 heavy (non-hydrogen) atoms. The van der Waals surface area contributed by atoms with E-state index in [0.29, 0.717) is 13.0 Å². The Bertz CT molecular complexity index is 327. The molecule has 5 nitrogen and oxygen atoms in total. The number of aliphatic carboxylic acids is 1. The van der Waals surface area contributed by atoms with Gasteiger partial charge in [-0.05, 0) is 18.3 Å². The van der Waals surface area contributed by atoms with E-state index in [9.17, 15) is 9.59 Å². The number of carboxylic acids is 1. The number of carbonyl (C=O) groups is 2. The average Bonchev–Trinajstić information content (AvgIpc) is 2.58. The van der Waals surface area contributed by atoms with Crippen LogP contribution in [0.25, 0.3) is 0 Å². The standard InChI is InChI=1S/C12H20ClNO4/c1-12(2,3)5-7-18-11(17)14-6-4-8(13)9(14)10(15)16/h8-9H,4-7H2,1-3H3,(H,15,16). The van der Waals surface area contributed by atoms with Gasteiger partial charge in [-0.15, -0.1) is 11.6 Å². The van der Waals surface area contributed by atoms with Crippen LogP contribution < -0.4 is 0 Å². The molecule has 6 heteroatoms. The van der Waals surface area contributed by atoms with E-state index < -0.39 is 23.5 Å². The van der Waals surface area contributed by atoms with E-state index in [2.05, 4.69) is 0 Å². The van der Waals surface area contributed by atoms with Crippen molar-refractivity contribution in [3.05, 3.63) is 0 Å². The van der Waals surface area contributed by atoms with Crippen LogP contribution in [-0.2, 0) is 9.53 Å². The molecule has 0 aromatic heterocycles. The lowest BCUT2D eigenvalue weighted by Gasteiger charge is -2.23. The van der Waals surface area contributed by atoms with Crippen LogP contribution in [0.15, 0.2) is 0 Å². The SMILES string of the molecule is CC(C)(C)CCOC(=O)N1CCC(Cl)C1C(=O)O. The van der Waals surface area contributed by atoms with Crippen molar-refractivity contribution in [1.29, 1.82) is 0 Å². The van der Waals surface area contributed by atoms with Crippen molar-refractivity contribution < 1.29 is 19.4 Å². The molecule has 104 valence electrons. The van der Waals surface area contributed by atoms with Gasteiger partial charge < -0.3 is 9.84 Å². The third kappa shape index (κ3) is 4.05. The molecule has 0 aromatic carbocycles. The zero-order chi connectivity index (χ0) is 13.9. The molecule has 0 radical (unpaired) electrons. The lowest BCUT2D eigenvalue weighted by molar-refractivity contribution is -0.141. The highest BCUT2D eigenvalue weighted by atomic mass is 35.5. The van der Waals surface area contributed by atoms with Gasteiger partial charge in [0.15, 0.2) is 0 Å². The van der Waals surface area contributed by atoms with Gasteiger partial charge in [-0.2, -0.15) is 0 Å². The van der Waals surface area contributed by atoms with E-state index in [4.69, 9.17) is 21.4 Å². The number of nitrogens with zero attached hydrogens (tertiary/aromatic N) is 1. The average molecular weight is 278 g/mol. The summed E-state index contributed by atoms with van der Waals surface area (Å²) >= 11 is 5.89. The van der Waals surface area contributed by atoms with E-state index in [1.165, 1.54) is 4.90 Å². The second-order valence-electron chi connectivity index (χ2n) is 5.71. The summed E-state index contributed by atoms with van der Waals surface area (Å²) in [6, 6.07) is -0.978. The molecule has 1 N–H and O–H groups in total. The lowest BCUT2D eigenvalue weighted by atomic mass is 9.93. The maximum atomic E-state index is 11.8. The summed E-state index contributed by atoms with van der Waals surface area (Å²) < 4.78 is 5.10. The molecular weight excluding hydrogens is 258 g/mol. The molecule has 1 aliphatic heterocycles. The van der Waals surface area contributed by atoms with E-state index in [0.717, 1.165) is 6.42 Å². The first-order valence-corrected chi connectivity index (χ1v) is 6.46. The fourth-order valence-electron chi connectivity index (χ4n) is 1.77. The second-order valence-corrected chi connectivity index (χ2v) is 6.27. The van der Waals surface area contributed by atoms with Gasteiger partial charge in [0.2, 0.25) is 0 Å². The van der Waals surface area contributed by atoms with Crippen molar-refractivity contribution in [2.24, 2.45) is 5.41 Å². The maximum absolute atomic E-state index is 11.8. The summed E-state index contributed by atoms with van der Waals surface area (Å²) in [4.78, 5) is 24.0. The molecule has 0 aromatic rings. The van der Waals surface area contributed by atoms with E-state index in [1.54, 1.807) is 0 Å². The van der Waals surface area contributed by atoms with Crippen molar-refractivity contribution in [2.45, 2.75) is 45.0 Å². The third-order valence-corrected chi connectivity index (χ3v) is 3.35. The number of amides is 1. The van der Waals surface area contributed by atoms with Gasteiger partial charge in [0.25, 0.3) is 0 Å². The molecule has 1 saturated heterocycles. The maximum Gasteiger partial charge on any atom is 0.410 e. The molecule has 1 fully saturated rings. The van der Waals surface area contributed by atoms with Gasteiger partial charge in [0.1, 0.15) is 6.04 Å². The van der Waals surface area contributed by atoms with Crippen LogP contribution in [0.3, 0.4) is 0 Å². The number of alkyl halides is 1. The molecule has 1 aliphatic rings. The smallest absolute Gasteiger partial charge is 0.410 e. The van der Waals surface area contributed by atoms with Gasteiger partial charge in [-0.1, -0.05) is 20.8 Å². The number of carbonyl (C=O) groups excluding carboxylic acids is 1. The van der Waals surface area contributed by atoms with Gasteiger partial charge >= 0.3 is 12.1 Å². The lowest BCUT2D eigenvalue weighted by Crippen LogP contribution is -2.44. The highest BCUT2D eigenvalue weighted by Gasteiger charge is 2.41. The summed E-state index contributed by atoms with van der Waals surface area (Å²) in [5, 5.41) is 8.48. The summed E-state index contributed by atoms with van der Waals surface area (Å²) in [5.74, 6) is -1.08. The van der Waals surface area contributed by atoms with Crippen LogP contribution >= 0.6 is 11.6 Å². The van der Waals surface area contributed by atoms with Crippen molar-refractivity contribution in [1.82, 2.24) is 4.90 Å². The summed E-state index contributed by atoms with van der Waals surface area (Å²) in [5.41, 5.74) is 0.0759. The van der Waals surface area contributed by atoms with Gasteiger partial charge in [0, 0.05) is 6.54 Å². The minimum atomic E-state index is -1.08. The molecule has 2 unspecified atom stereocenters. The summed E-state index contributed by atoms with van der Waals surface area (Å²) in [7, 11) is 0. The van der Waals surface area contributed by atoms with Crippen molar-refractivity contribution in [2.75, 3.05) is 13.2 Å². The van der Waals surface area contributed by atoms with E-state index in [-0.39, 0.29) is 12.0 Å². The fourth-order valence-corrected chi connectivity index (χ4v) is 2.12. The largest absolute Gasteiger partial charge is 0.480 e. The number of hydrogen-bond acceptors (Lipinski definition) is 3. The monoisotopic (exact) mass is 277 g/mol. The van der Waals surface area contributed by atoms with Crippen molar-refractivity contribution in [3.8, 4) is 0 Å². The highest BCUT2D eigenvalue weighted by Crippen LogP contribution is 2.24. The zero-order valence-corrected chi connectivity index (χ0v) is 11.7. The molecule has 1 heterocycles. The Morgan fingerprint density at radius 1 is 1.44 bits per heavy atom. The topological polar surface area (TPSA) is 66.8 Å². The Balaban J connectivity index is 2.49. The molecule has 0 aliphatic carbocycles. The van der Waals surface area contributed by atoms with Gasteiger partial charge in [0.05, 0.1) is 12.0 Å². The Labute approximate surface area is 112 Å². The normalized spacial score (nSPS) is 24.1. The van der Waals surface area contributed by atoms with Crippen LogP contribution in [0, 0.1) is 5.41 Å². The van der Waals surface area contributed by atoms with Crippen LogP contribution in [0.2, 0.25) is 0 Å². The summed E-state index contributed by atoms with van der Waals surface area (Å²) in [6.07, 6.45) is 0.622. The van der Waals surface area contributed by atoms with Crippen molar-refractivity contribution in [3.63, 3.8) is 0 Å². The first kappa shape index (κ1) is 15.1. The second kappa shape index (κ2) is 5.78. The molecule has 0 saturated carbocycles. The van der Waals surface area contributed by atoms with Crippen LogP contribution in [0.5, 0.6) is 0 Å².